The van der Waals surface area contributed by atoms with Crippen LogP contribution >= 0.6 is 11.6 Å². The van der Waals surface area contributed by atoms with Crippen LogP contribution in [0.2, 0.25) is 5.02 Å². The molecule has 3 aromatic rings. The van der Waals surface area contributed by atoms with E-state index in [1.807, 2.05) is 0 Å². The normalized spacial score (nSPS) is 19.6. The highest BCUT2D eigenvalue weighted by Crippen LogP contribution is 2.39. The molecule has 1 aliphatic carbocycles. The van der Waals surface area contributed by atoms with Gasteiger partial charge in [0.25, 0.3) is 11.8 Å². The van der Waals surface area contributed by atoms with Gasteiger partial charge in [0.2, 0.25) is 5.95 Å². The Bertz CT molecular complexity index is 1510. The SMILES string of the molecule is NC1CN(C(=O)c2ccc(Nc3ncc4c(n3)-c3ccc(Cl)cc3C(C3C=CC=CC3(F)F)=NC4)cc2)C1. The van der Waals surface area contributed by atoms with Crippen molar-refractivity contribution in [3.63, 3.8) is 0 Å². The monoisotopic (exact) mass is 532 g/mol. The van der Waals surface area contributed by atoms with E-state index in [2.05, 4.69) is 15.3 Å². The van der Waals surface area contributed by atoms with Gasteiger partial charge in [0.05, 0.1) is 23.9 Å². The van der Waals surface area contributed by atoms with Crippen molar-refractivity contribution >= 4 is 34.9 Å². The summed E-state index contributed by atoms with van der Waals surface area (Å²) in [4.78, 5) is 27.9. The molecule has 1 fully saturated rings. The molecule has 6 rings (SSSR count). The largest absolute Gasteiger partial charge is 0.335 e. The van der Waals surface area contributed by atoms with E-state index in [9.17, 15) is 13.6 Å². The number of alkyl halides is 2. The minimum absolute atomic E-state index is 0.0420. The Balaban J connectivity index is 1.30. The Hall–Kier alpha value is -3.95. The molecule has 1 unspecified atom stereocenters. The van der Waals surface area contributed by atoms with Crippen LogP contribution in [-0.4, -0.2) is 51.5 Å². The van der Waals surface area contributed by atoms with Crippen molar-refractivity contribution in [1.82, 2.24) is 14.9 Å². The highest BCUT2D eigenvalue weighted by molar-refractivity contribution is 6.31. The van der Waals surface area contributed by atoms with E-state index in [-0.39, 0.29) is 24.2 Å². The van der Waals surface area contributed by atoms with Crippen LogP contribution in [0.3, 0.4) is 0 Å². The maximum Gasteiger partial charge on any atom is 0.278 e. The summed E-state index contributed by atoms with van der Waals surface area (Å²) in [5.74, 6) is -4.04. The lowest BCUT2D eigenvalue weighted by Crippen LogP contribution is -2.57. The number of rotatable bonds is 4. The smallest absolute Gasteiger partial charge is 0.278 e. The van der Waals surface area contributed by atoms with Crippen molar-refractivity contribution in [2.75, 3.05) is 18.4 Å². The number of hydrogen-bond acceptors (Lipinski definition) is 6. The number of halogens is 3. The summed E-state index contributed by atoms with van der Waals surface area (Å²) in [6.45, 7) is 1.27. The van der Waals surface area contributed by atoms with Gasteiger partial charge in [-0.15, -0.1) is 0 Å². The first-order valence-electron chi connectivity index (χ1n) is 12.1. The lowest BCUT2D eigenvalue weighted by molar-refractivity contribution is 0.0338. The third-order valence-corrected chi connectivity index (χ3v) is 7.06. The summed E-state index contributed by atoms with van der Waals surface area (Å²) in [6.07, 6.45) is 6.94. The zero-order chi connectivity index (χ0) is 26.4. The van der Waals surface area contributed by atoms with Crippen molar-refractivity contribution in [1.29, 1.82) is 0 Å². The maximum absolute atomic E-state index is 14.9. The predicted octanol–water partition coefficient (Wildman–Crippen LogP) is 5.00. The molecule has 3 aliphatic rings. The van der Waals surface area contributed by atoms with Crippen LogP contribution in [0.4, 0.5) is 20.4 Å². The molecular formula is C28H23ClF2N6O. The lowest BCUT2D eigenvalue weighted by Gasteiger charge is -2.36. The number of amides is 1. The molecule has 10 heteroatoms. The van der Waals surface area contributed by atoms with Gasteiger partial charge in [0, 0.05) is 58.3 Å². The van der Waals surface area contributed by atoms with Crippen LogP contribution in [-0.2, 0) is 6.54 Å². The van der Waals surface area contributed by atoms with Gasteiger partial charge in [0.1, 0.15) is 0 Å². The summed E-state index contributed by atoms with van der Waals surface area (Å²) in [6, 6.07) is 12.2. The maximum atomic E-state index is 14.9. The summed E-state index contributed by atoms with van der Waals surface area (Å²) in [5.41, 5.74) is 9.77. The molecule has 2 aromatic carbocycles. The molecule has 192 valence electrons. The molecule has 1 atom stereocenters. The molecule has 0 spiro atoms. The number of benzene rings is 2. The number of carbonyl (C=O) groups is 1. The highest BCUT2D eigenvalue weighted by atomic mass is 35.5. The second kappa shape index (κ2) is 9.41. The van der Waals surface area contributed by atoms with Gasteiger partial charge in [-0.3, -0.25) is 9.79 Å². The van der Waals surface area contributed by atoms with Gasteiger partial charge < -0.3 is 16.0 Å². The van der Waals surface area contributed by atoms with E-state index in [0.717, 1.165) is 6.08 Å². The van der Waals surface area contributed by atoms with Gasteiger partial charge in [0.15, 0.2) is 0 Å². The molecule has 2 aliphatic heterocycles. The Kier molecular flexibility index (Phi) is 6.04. The van der Waals surface area contributed by atoms with Crippen LogP contribution < -0.4 is 11.1 Å². The number of likely N-dealkylation sites (tertiary alicyclic amines) is 1. The van der Waals surface area contributed by atoms with Crippen LogP contribution in [0.5, 0.6) is 0 Å². The number of allylic oxidation sites excluding steroid dienone is 4. The van der Waals surface area contributed by atoms with E-state index in [1.54, 1.807) is 59.6 Å². The molecule has 0 radical (unpaired) electrons. The van der Waals surface area contributed by atoms with Gasteiger partial charge in [-0.1, -0.05) is 35.9 Å². The number of aliphatic imine (C=N–C) groups is 1. The zero-order valence-electron chi connectivity index (χ0n) is 20.1. The first-order chi connectivity index (χ1) is 18.3. The Morgan fingerprint density at radius 3 is 2.63 bits per heavy atom. The topological polar surface area (TPSA) is 96.5 Å². The summed E-state index contributed by atoms with van der Waals surface area (Å²) in [7, 11) is 0. The number of nitrogens with two attached hydrogens (primary N) is 1. The Morgan fingerprint density at radius 2 is 1.89 bits per heavy atom. The average molecular weight is 533 g/mol. The van der Waals surface area contributed by atoms with E-state index < -0.39 is 11.8 Å². The summed E-state index contributed by atoms with van der Waals surface area (Å²) in [5, 5.41) is 3.58. The first kappa shape index (κ1) is 24.4. The third kappa shape index (κ3) is 4.48. The number of aromatic nitrogens is 2. The fourth-order valence-electron chi connectivity index (χ4n) is 4.82. The number of fused-ring (bicyclic) bond motifs is 3. The first-order valence-corrected chi connectivity index (χ1v) is 12.5. The van der Waals surface area contributed by atoms with Crippen molar-refractivity contribution in [2.45, 2.75) is 18.5 Å². The zero-order valence-corrected chi connectivity index (χ0v) is 20.9. The van der Waals surface area contributed by atoms with Crippen LogP contribution in [0.15, 0.2) is 78.0 Å². The van der Waals surface area contributed by atoms with Gasteiger partial charge in [-0.25, -0.2) is 18.7 Å². The third-order valence-electron chi connectivity index (χ3n) is 6.82. The van der Waals surface area contributed by atoms with Crippen LogP contribution in [0.1, 0.15) is 21.5 Å². The minimum atomic E-state index is -3.09. The number of nitrogens with one attached hydrogen (secondary N) is 1. The standard InChI is InChI=1S/C28H23ClF2N6O/c29-18-6-9-21-22(11-18)25(23-3-1-2-10-28(23,30)31)33-12-17-13-34-27(36-24(17)21)35-20-7-4-16(5-8-20)26(38)37-14-19(32)15-37/h1-11,13,19,23H,12,14-15,32H2,(H,34,35,36). The number of hydrogen-bond donors (Lipinski definition) is 2. The summed E-state index contributed by atoms with van der Waals surface area (Å²) >= 11 is 6.29. The lowest BCUT2D eigenvalue weighted by atomic mass is 9.85. The molecule has 0 bridgehead atoms. The molecule has 1 saturated heterocycles. The van der Waals surface area contributed by atoms with Crippen molar-refractivity contribution in [2.24, 2.45) is 16.6 Å². The molecule has 1 aromatic heterocycles. The molecule has 38 heavy (non-hydrogen) atoms. The van der Waals surface area contributed by atoms with Crippen molar-refractivity contribution in [3.05, 3.63) is 94.7 Å². The highest BCUT2D eigenvalue weighted by Gasteiger charge is 2.41. The molecular weight excluding hydrogens is 510 g/mol. The molecule has 3 N–H and O–H groups in total. The fraction of sp³-hybridized carbons (Fsp3) is 0.214. The molecule has 3 heterocycles. The van der Waals surface area contributed by atoms with Crippen molar-refractivity contribution < 1.29 is 13.6 Å². The van der Waals surface area contributed by atoms with Crippen LogP contribution in [0.25, 0.3) is 11.3 Å². The average Bonchev–Trinajstić information content (AvgIpc) is 3.03. The van der Waals surface area contributed by atoms with Crippen molar-refractivity contribution in [3.8, 4) is 11.3 Å². The van der Waals surface area contributed by atoms with E-state index in [4.69, 9.17) is 22.3 Å². The fourth-order valence-corrected chi connectivity index (χ4v) is 5.00. The van der Waals surface area contributed by atoms with Gasteiger partial charge in [-0.05, 0) is 42.5 Å². The second-order valence-electron chi connectivity index (χ2n) is 9.53. The summed E-state index contributed by atoms with van der Waals surface area (Å²) < 4.78 is 29.7. The second-order valence-corrected chi connectivity index (χ2v) is 9.96. The minimum Gasteiger partial charge on any atom is -0.335 e. The van der Waals surface area contributed by atoms with Gasteiger partial charge in [-0.2, -0.15) is 0 Å². The Labute approximate surface area is 222 Å². The predicted molar refractivity (Wildman–Crippen MR) is 143 cm³/mol. The van der Waals surface area contributed by atoms with E-state index in [0.29, 0.717) is 57.7 Å². The number of nitrogens with zero attached hydrogens (tertiary/aromatic N) is 4. The molecule has 0 saturated carbocycles. The Morgan fingerprint density at radius 1 is 1.11 bits per heavy atom. The van der Waals surface area contributed by atoms with E-state index >= 15 is 0 Å². The number of anilines is 2. The van der Waals surface area contributed by atoms with Gasteiger partial charge >= 0.3 is 0 Å². The van der Waals surface area contributed by atoms with Crippen LogP contribution in [0, 0.1) is 5.92 Å². The molecule has 7 nitrogen and oxygen atoms in total. The molecule has 1 amide bonds. The number of carbonyl (C=O) groups excluding carboxylic acids is 1. The quantitative estimate of drug-likeness (QED) is 0.493. The van der Waals surface area contributed by atoms with E-state index in [1.165, 1.54) is 12.2 Å².